The minimum atomic E-state index is -0.156. The Morgan fingerprint density at radius 2 is 2.33 bits per heavy atom. The molecule has 6 nitrogen and oxygen atoms in total. The predicted octanol–water partition coefficient (Wildman–Crippen LogP) is 0.283. The molecule has 0 spiro atoms. The molecule has 2 unspecified atom stereocenters. The van der Waals surface area contributed by atoms with Crippen LogP contribution in [-0.2, 0) is 0 Å². The lowest BCUT2D eigenvalue weighted by Gasteiger charge is -2.12. The van der Waals surface area contributed by atoms with E-state index in [0.717, 1.165) is 12.0 Å². The van der Waals surface area contributed by atoms with Crippen molar-refractivity contribution < 1.29 is 5.11 Å². The van der Waals surface area contributed by atoms with Crippen LogP contribution in [0, 0.1) is 5.92 Å². The average Bonchev–Trinajstić information content (AvgIpc) is 2.93. The molecule has 1 aliphatic rings. The van der Waals surface area contributed by atoms with Gasteiger partial charge in [-0.1, -0.05) is 6.92 Å². The molecule has 2 aromatic heterocycles. The highest BCUT2D eigenvalue weighted by atomic mass is 16.3. The smallest absolute Gasteiger partial charge is 0.275 e. The molecule has 0 aromatic carbocycles. The van der Waals surface area contributed by atoms with E-state index in [2.05, 4.69) is 27.2 Å². The van der Waals surface area contributed by atoms with Gasteiger partial charge in [-0.2, -0.15) is 0 Å². The molecular formula is C12H16N4O2. The molecule has 0 bridgehead atoms. The van der Waals surface area contributed by atoms with Gasteiger partial charge in [0.05, 0.1) is 12.9 Å². The first kappa shape index (κ1) is 11.4. The Kier molecular flexibility index (Phi) is 2.68. The van der Waals surface area contributed by atoms with Gasteiger partial charge in [-0.3, -0.25) is 4.79 Å². The van der Waals surface area contributed by atoms with Crippen molar-refractivity contribution in [1.82, 2.24) is 20.3 Å². The third-order valence-corrected chi connectivity index (χ3v) is 3.78. The first-order valence-electron chi connectivity index (χ1n) is 6.12. The van der Waals surface area contributed by atoms with Crippen LogP contribution in [0.2, 0.25) is 0 Å². The third-order valence-electron chi connectivity index (χ3n) is 3.78. The number of aromatic nitrogens is 3. The minimum Gasteiger partial charge on any atom is -0.395 e. The molecule has 3 heterocycles. The summed E-state index contributed by atoms with van der Waals surface area (Å²) in [5.74, 6) is 0.409. The fraction of sp³-hybridized carbons (Fsp3) is 0.500. The Morgan fingerprint density at radius 3 is 3.06 bits per heavy atom. The van der Waals surface area contributed by atoms with Crippen LogP contribution in [0.3, 0.4) is 0 Å². The number of nitrogens with one attached hydrogen (secondary N) is 3. The van der Waals surface area contributed by atoms with E-state index in [0.29, 0.717) is 17.0 Å². The van der Waals surface area contributed by atoms with Crippen molar-refractivity contribution in [3.8, 4) is 0 Å². The quantitative estimate of drug-likeness (QED) is 0.614. The summed E-state index contributed by atoms with van der Waals surface area (Å²) in [5, 5.41) is 12.7. The lowest BCUT2D eigenvalue weighted by Crippen LogP contribution is -2.30. The molecule has 0 radical (unpaired) electrons. The van der Waals surface area contributed by atoms with Gasteiger partial charge < -0.3 is 20.4 Å². The average molecular weight is 248 g/mol. The summed E-state index contributed by atoms with van der Waals surface area (Å²) in [7, 11) is 0. The zero-order valence-corrected chi connectivity index (χ0v) is 10.1. The maximum atomic E-state index is 11.6. The zero-order valence-electron chi connectivity index (χ0n) is 10.1. The summed E-state index contributed by atoms with van der Waals surface area (Å²) in [5.41, 5.74) is 2.06. The maximum Gasteiger partial charge on any atom is 0.275 e. The predicted molar refractivity (Wildman–Crippen MR) is 67.2 cm³/mol. The second kappa shape index (κ2) is 4.22. The molecule has 3 rings (SSSR count). The van der Waals surface area contributed by atoms with Crippen molar-refractivity contribution in [2.75, 3.05) is 6.61 Å². The van der Waals surface area contributed by atoms with Crippen molar-refractivity contribution >= 4 is 11.0 Å². The number of fused-ring (bicyclic) bond motifs is 1. The number of H-pyrrole nitrogens is 2. The lowest BCUT2D eigenvalue weighted by atomic mass is 9.99. The van der Waals surface area contributed by atoms with E-state index in [1.54, 1.807) is 0 Å². The molecule has 1 fully saturated rings. The number of hydrogen-bond donors (Lipinski definition) is 4. The van der Waals surface area contributed by atoms with E-state index in [9.17, 15) is 9.90 Å². The molecular weight excluding hydrogens is 232 g/mol. The number of aliphatic hydroxyl groups is 1. The number of nitrogens with zero attached hydrogens (tertiary/aromatic N) is 1. The van der Waals surface area contributed by atoms with Gasteiger partial charge >= 0.3 is 0 Å². The summed E-state index contributed by atoms with van der Waals surface area (Å²) in [4.78, 5) is 21.4. The van der Waals surface area contributed by atoms with Gasteiger partial charge in [-0.25, -0.2) is 4.98 Å². The summed E-state index contributed by atoms with van der Waals surface area (Å²) < 4.78 is 0. The fourth-order valence-corrected chi connectivity index (χ4v) is 2.71. The Bertz CT molecular complexity index is 618. The SMILES string of the molecule is C[C@H]1CC(c2c[nH]c3c(=O)[nH]cnc23)NC1CO. The Hall–Kier alpha value is -1.66. The largest absolute Gasteiger partial charge is 0.395 e. The van der Waals surface area contributed by atoms with Crippen molar-refractivity contribution in [3.63, 3.8) is 0 Å². The molecule has 6 heteroatoms. The highest BCUT2D eigenvalue weighted by Gasteiger charge is 2.32. The Labute approximate surface area is 103 Å². The van der Waals surface area contributed by atoms with Crippen molar-refractivity contribution in [1.29, 1.82) is 0 Å². The summed E-state index contributed by atoms with van der Waals surface area (Å²) >= 11 is 0. The van der Waals surface area contributed by atoms with Crippen LogP contribution in [-0.4, -0.2) is 32.7 Å². The van der Waals surface area contributed by atoms with Crippen LogP contribution in [0.5, 0.6) is 0 Å². The van der Waals surface area contributed by atoms with Crippen LogP contribution in [0.15, 0.2) is 17.3 Å². The maximum absolute atomic E-state index is 11.6. The lowest BCUT2D eigenvalue weighted by molar-refractivity contribution is 0.231. The monoisotopic (exact) mass is 248 g/mol. The third kappa shape index (κ3) is 1.65. The molecule has 1 saturated heterocycles. The van der Waals surface area contributed by atoms with E-state index < -0.39 is 0 Å². The van der Waals surface area contributed by atoms with E-state index in [4.69, 9.17) is 0 Å². The number of aliphatic hydroxyl groups excluding tert-OH is 1. The molecule has 0 aliphatic carbocycles. The highest BCUT2D eigenvalue weighted by Crippen LogP contribution is 2.33. The zero-order chi connectivity index (χ0) is 12.7. The highest BCUT2D eigenvalue weighted by molar-refractivity contribution is 5.78. The van der Waals surface area contributed by atoms with Crippen LogP contribution in [0.1, 0.15) is 24.9 Å². The molecule has 0 saturated carbocycles. The second-order valence-electron chi connectivity index (χ2n) is 4.92. The van der Waals surface area contributed by atoms with E-state index >= 15 is 0 Å². The fourth-order valence-electron chi connectivity index (χ4n) is 2.71. The van der Waals surface area contributed by atoms with E-state index in [1.807, 2.05) is 6.20 Å². The summed E-state index contributed by atoms with van der Waals surface area (Å²) in [6.45, 7) is 2.25. The normalized spacial score (nSPS) is 28.0. The summed E-state index contributed by atoms with van der Waals surface area (Å²) in [6.07, 6.45) is 4.19. The van der Waals surface area contributed by atoms with Gasteiger partial charge in [0.25, 0.3) is 5.56 Å². The van der Waals surface area contributed by atoms with Gasteiger partial charge in [-0.15, -0.1) is 0 Å². The van der Waals surface area contributed by atoms with Gasteiger partial charge in [0.2, 0.25) is 0 Å². The van der Waals surface area contributed by atoms with E-state index in [1.165, 1.54) is 6.33 Å². The molecule has 96 valence electrons. The van der Waals surface area contributed by atoms with Gasteiger partial charge in [-0.05, 0) is 12.3 Å². The Morgan fingerprint density at radius 1 is 1.50 bits per heavy atom. The van der Waals surface area contributed by atoms with Crippen LogP contribution in [0.25, 0.3) is 11.0 Å². The number of aromatic amines is 2. The van der Waals surface area contributed by atoms with Crippen LogP contribution < -0.4 is 10.9 Å². The second-order valence-corrected chi connectivity index (χ2v) is 4.92. The van der Waals surface area contributed by atoms with Crippen LogP contribution >= 0.6 is 0 Å². The minimum absolute atomic E-state index is 0.113. The molecule has 3 atom stereocenters. The van der Waals surface area contributed by atoms with Gasteiger partial charge in [0, 0.05) is 23.8 Å². The first-order chi connectivity index (χ1) is 8.70. The molecule has 18 heavy (non-hydrogen) atoms. The molecule has 0 amide bonds. The summed E-state index contributed by atoms with van der Waals surface area (Å²) in [6, 6.07) is 0.252. The van der Waals surface area contributed by atoms with Crippen molar-refractivity contribution in [2.24, 2.45) is 5.92 Å². The number of hydrogen-bond acceptors (Lipinski definition) is 4. The molecule has 2 aromatic rings. The molecule has 1 aliphatic heterocycles. The van der Waals surface area contributed by atoms with Gasteiger partial charge in [0.15, 0.2) is 0 Å². The van der Waals surface area contributed by atoms with Crippen molar-refractivity contribution in [3.05, 3.63) is 28.4 Å². The topological polar surface area (TPSA) is 93.8 Å². The standard InChI is InChI=1S/C12H16N4O2/c1-6-2-8(16-9(6)4-17)7-3-13-11-10(7)14-5-15-12(11)18/h3,5-6,8-9,13,16-17H,2,4H2,1H3,(H,14,15,18)/t6-,8?,9?/m0/s1. The Balaban J connectivity index is 2.01. The van der Waals surface area contributed by atoms with Crippen molar-refractivity contribution in [2.45, 2.75) is 25.4 Å². The number of rotatable bonds is 2. The van der Waals surface area contributed by atoms with Gasteiger partial charge in [0.1, 0.15) is 11.0 Å². The van der Waals surface area contributed by atoms with E-state index in [-0.39, 0.29) is 24.2 Å². The first-order valence-corrected chi connectivity index (χ1v) is 6.12. The van der Waals surface area contributed by atoms with Crippen LogP contribution in [0.4, 0.5) is 0 Å². The molecule has 4 N–H and O–H groups in total.